The van der Waals surface area contributed by atoms with Gasteiger partial charge < -0.3 is 10.6 Å². The lowest BCUT2D eigenvalue weighted by Gasteiger charge is -2.37. The van der Waals surface area contributed by atoms with Crippen LogP contribution in [-0.2, 0) is 4.79 Å². The minimum atomic E-state index is 0.0917. The summed E-state index contributed by atoms with van der Waals surface area (Å²) >= 11 is 4.75. The molecule has 1 unspecified atom stereocenters. The average Bonchev–Trinajstić information content (AvgIpc) is 2.62. The van der Waals surface area contributed by atoms with E-state index in [1.165, 1.54) is 19.4 Å². The molecule has 2 N–H and O–H groups in total. The van der Waals surface area contributed by atoms with Crippen LogP contribution in [0.25, 0.3) is 0 Å². The summed E-state index contributed by atoms with van der Waals surface area (Å²) in [5.41, 5.74) is 5.38. The van der Waals surface area contributed by atoms with Gasteiger partial charge in [0.05, 0.1) is 11.4 Å². The van der Waals surface area contributed by atoms with Crippen LogP contribution in [0.15, 0.2) is 0 Å². The van der Waals surface area contributed by atoms with Gasteiger partial charge in [-0.1, -0.05) is 12.2 Å². The normalized spacial score (nSPS) is 26.4. The number of hydrogen-bond acceptors (Lipinski definition) is 3. The summed E-state index contributed by atoms with van der Waals surface area (Å²) in [6, 6.07) is 0.578. The fourth-order valence-corrected chi connectivity index (χ4v) is 2.60. The topological polar surface area (TPSA) is 49.6 Å². The SMILES string of the molecule is NC(=S)CC(=O)N1CCN2CCCC2C1. The third-order valence-electron chi connectivity index (χ3n) is 3.27. The molecule has 0 aromatic carbocycles. The van der Waals surface area contributed by atoms with E-state index in [4.69, 9.17) is 18.0 Å². The first-order valence-corrected chi connectivity index (χ1v) is 5.88. The third-order valence-corrected chi connectivity index (χ3v) is 3.41. The van der Waals surface area contributed by atoms with Crippen molar-refractivity contribution >= 4 is 23.1 Å². The quantitative estimate of drug-likeness (QED) is 0.673. The molecule has 0 bridgehead atoms. The van der Waals surface area contributed by atoms with Crippen LogP contribution in [0.4, 0.5) is 0 Å². The Balaban J connectivity index is 1.89. The second-order valence-electron chi connectivity index (χ2n) is 4.31. The van der Waals surface area contributed by atoms with E-state index >= 15 is 0 Å². The van der Waals surface area contributed by atoms with Gasteiger partial charge in [0.15, 0.2) is 0 Å². The van der Waals surface area contributed by atoms with Crippen molar-refractivity contribution in [1.29, 1.82) is 0 Å². The largest absolute Gasteiger partial charge is 0.393 e. The molecule has 0 saturated carbocycles. The second kappa shape index (κ2) is 4.45. The maximum Gasteiger partial charge on any atom is 0.229 e. The van der Waals surface area contributed by atoms with E-state index in [0.717, 1.165) is 19.6 Å². The summed E-state index contributed by atoms with van der Waals surface area (Å²) in [4.78, 5) is 16.4. The number of thiocarbonyl (C=S) groups is 1. The standard InChI is InChI=1S/C10H17N3OS/c11-9(15)6-10(14)13-5-4-12-3-1-2-8(12)7-13/h8H,1-7H2,(H2,11,15). The second-order valence-corrected chi connectivity index (χ2v) is 4.84. The number of amides is 1. The molecule has 15 heavy (non-hydrogen) atoms. The van der Waals surface area contributed by atoms with Crippen molar-refractivity contribution in [2.24, 2.45) is 5.73 Å². The zero-order valence-corrected chi connectivity index (χ0v) is 9.63. The van der Waals surface area contributed by atoms with Crippen LogP contribution in [0.3, 0.4) is 0 Å². The van der Waals surface area contributed by atoms with Crippen LogP contribution in [0.5, 0.6) is 0 Å². The van der Waals surface area contributed by atoms with Crippen LogP contribution in [0, 0.1) is 0 Å². The molecule has 84 valence electrons. The first kappa shape index (κ1) is 10.8. The van der Waals surface area contributed by atoms with Crippen molar-refractivity contribution in [2.45, 2.75) is 25.3 Å². The molecule has 2 aliphatic rings. The van der Waals surface area contributed by atoms with Crippen molar-refractivity contribution < 1.29 is 4.79 Å². The molecule has 4 nitrogen and oxygen atoms in total. The minimum absolute atomic E-state index is 0.0917. The first-order valence-electron chi connectivity index (χ1n) is 5.47. The van der Waals surface area contributed by atoms with Crippen LogP contribution in [0.2, 0.25) is 0 Å². The number of carbonyl (C=O) groups is 1. The Morgan fingerprint density at radius 2 is 2.20 bits per heavy atom. The fourth-order valence-electron chi connectivity index (χ4n) is 2.48. The van der Waals surface area contributed by atoms with E-state index in [9.17, 15) is 4.79 Å². The molecule has 2 aliphatic heterocycles. The molecule has 0 aromatic rings. The Kier molecular flexibility index (Phi) is 3.21. The van der Waals surface area contributed by atoms with Gasteiger partial charge in [-0.2, -0.15) is 0 Å². The Hall–Kier alpha value is -0.680. The highest BCUT2D eigenvalue weighted by Gasteiger charge is 2.32. The highest BCUT2D eigenvalue weighted by atomic mass is 32.1. The number of hydrogen-bond donors (Lipinski definition) is 1. The Morgan fingerprint density at radius 3 is 2.93 bits per heavy atom. The summed E-state index contributed by atoms with van der Waals surface area (Å²) in [6.07, 6.45) is 2.71. The number of nitrogens with zero attached hydrogens (tertiary/aromatic N) is 2. The van der Waals surface area contributed by atoms with Crippen molar-refractivity contribution in [1.82, 2.24) is 9.80 Å². The van der Waals surface area contributed by atoms with Crippen LogP contribution in [0.1, 0.15) is 19.3 Å². The fraction of sp³-hybridized carbons (Fsp3) is 0.800. The monoisotopic (exact) mass is 227 g/mol. The van der Waals surface area contributed by atoms with Gasteiger partial charge in [0.1, 0.15) is 0 Å². The summed E-state index contributed by atoms with van der Waals surface area (Å²) < 4.78 is 0. The molecule has 5 heteroatoms. The van der Waals surface area contributed by atoms with E-state index in [0.29, 0.717) is 11.0 Å². The molecular formula is C10H17N3OS. The highest BCUT2D eigenvalue weighted by Crippen LogP contribution is 2.21. The van der Waals surface area contributed by atoms with E-state index < -0.39 is 0 Å². The molecule has 0 aliphatic carbocycles. The Bertz CT molecular complexity index is 282. The van der Waals surface area contributed by atoms with Crippen LogP contribution in [-0.4, -0.2) is 52.9 Å². The van der Waals surface area contributed by atoms with Crippen molar-refractivity contribution in [3.63, 3.8) is 0 Å². The Labute approximate surface area is 95.4 Å². The molecule has 0 spiro atoms. The van der Waals surface area contributed by atoms with Crippen LogP contribution < -0.4 is 5.73 Å². The number of piperazine rings is 1. The summed E-state index contributed by atoms with van der Waals surface area (Å²) in [7, 11) is 0. The van der Waals surface area contributed by atoms with Crippen molar-refractivity contribution in [3.05, 3.63) is 0 Å². The highest BCUT2D eigenvalue weighted by molar-refractivity contribution is 7.80. The van der Waals surface area contributed by atoms with Gasteiger partial charge in [0.25, 0.3) is 0 Å². The Morgan fingerprint density at radius 1 is 1.40 bits per heavy atom. The van der Waals surface area contributed by atoms with Gasteiger partial charge >= 0.3 is 0 Å². The van der Waals surface area contributed by atoms with E-state index in [1.807, 2.05) is 4.90 Å². The lowest BCUT2D eigenvalue weighted by Crippen LogP contribution is -2.52. The molecule has 2 heterocycles. The first-order chi connectivity index (χ1) is 7.16. The molecule has 1 amide bonds. The number of fused-ring (bicyclic) bond motifs is 1. The minimum Gasteiger partial charge on any atom is -0.393 e. The summed E-state index contributed by atoms with van der Waals surface area (Å²) in [6.45, 7) is 3.90. The lowest BCUT2D eigenvalue weighted by molar-refractivity contribution is -0.132. The summed E-state index contributed by atoms with van der Waals surface area (Å²) in [5, 5.41) is 0. The number of rotatable bonds is 2. The van der Waals surface area contributed by atoms with E-state index in [2.05, 4.69) is 4.90 Å². The molecule has 2 saturated heterocycles. The molecular weight excluding hydrogens is 210 g/mol. The van der Waals surface area contributed by atoms with Crippen molar-refractivity contribution in [3.8, 4) is 0 Å². The van der Waals surface area contributed by atoms with Crippen molar-refractivity contribution in [2.75, 3.05) is 26.2 Å². The maximum atomic E-state index is 11.7. The number of nitrogens with two attached hydrogens (primary N) is 1. The smallest absolute Gasteiger partial charge is 0.229 e. The molecule has 2 fully saturated rings. The molecule has 0 aromatic heterocycles. The lowest BCUT2D eigenvalue weighted by atomic mass is 10.1. The van der Waals surface area contributed by atoms with Gasteiger partial charge in [-0.3, -0.25) is 9.69 Å². The van der Waals surface area contributed by atoms with E-state index in [1.54, 1.807) is 0 Å². The molecule has 0 radical (unpaired) electrons. The van der Waals surface area contributed by atoms with E-state index in [-0.39, 0.29) is 12.3 Å². The van der Waals surface area contributed by atoms with Gasteiger partial charge in [-0.05, 0) is 19.4 Å². The summed E-state index contributed by atoms with van der Waals surface area (Å²) in [5.74, 6) is 0.0917. The molecule has 1 atom stereocenters. The predicted molar refractivity (Wildman–Crippen MR) is 62.6 cm³/mol. The molecule has 2 rings (SSSR count). The van der Waals surface area contributed by atoms with Gasteiger partial charge in [0, 0.05) is 25.7 Å². The third kappa shape index (κ3) is 2.46. The van der Waals surface area contributed by atoms with Crippen LogP contribution >= 0.6 is 12.2 Å². The maximum absolute atomic E-state index is 11.7. The zero-order valence-electron chi connectivity index (χ0n) is 8.82. The van der Waals surface area contributed by atoms with Gasteiger partial charge in [-0.15, -0.1) is 0 Å². The average molecular weight is 227 g/mol. The number of carbonyl (C=O) groups excluding carboxylic acids is 1. The zero-order chi connectivity index (χ0) is 10.8. The van der Waals surface area contributed by atoms with Gasteiger partial charge in [0.2, 0.25) is 5.91 Å². The van der Waals surface area contributed by atoms with Gasteiger partial charge in [-0.25, -0.2) is 0 Å². The predicted octanol–water partition coefficient (Wildman–Crippen LogP) is -0.0308.